The molecule has 1 aliphatic rings. The fraction of sp³-hybridized carbons (Fsp3) is 0.457. The van der Waals surface area contributed by atoms with Gasteiger partial charge in [0.25, 0.3) is 11.2 Å². The normalized spacial score (nSPS) is 23.3. The van der Waals surface area contributed by atoms with Gasteiger partial charge in [-0.1, -0.05) is 81.1 Å². The summed E-state index contributed by atoms with van der Waals surface area (Å²) in [5.74, 6) is -5.33. The van der Waals surface area contributed by atoms with Crippen molar-refractivity contribution in [3.05, 3.63) is 95.6 Å². The number of esters is 2. The molecule has 2 aromatic carbocycles. The van der Waals surface area contributed by atoms with E-state index in [1.807, 2.05) is 0 Å². The highest BCUT2D eigenvalue weighted by atomic mass is 19.4. The Bertz CT molecular complexity index is 1490. The third-order valence-corrected chi connectivity index (χ3v) is 8.60. The quantitative estimate of drug-likeness (QED) is 0.117. The number of Topliss-reactive ketones (excluding diaryl/α,β-unsaturated/α-hetero) is 1. The van der Waals surface area contributed by atoms with Crippen LogP contribution in [0.5, 0.6) is 0 Å². The number of ketones is 1. The summed E-state index contributed by atoms with van der Waals surface area (Å²) in [6, 6.07) is 12.2. The number of benzene rings is 2. The van der Waals surface area contributed by atoms with E-state index in [-0.39, 0.29) is 29.9 Å². The van der Waals surface area contributed by atoms with E-state index >= 15 is 0 Å². The second-order valence-electron chi connectivity index (χ2n) is 11.9. The number of hydrogen-bond donors (Lipinski definition) is 0. The van der Waals surface area contributed by atoms with Crippen LogP contribution in [0.15, 0.2) is 84.5 Å². The Morgan fingerprint density at radius 1 is 0.792 bits per heavy atom. The van der Waals surface area contributed by atoms with Crippen LogP contribution in [0.3, 0.4) is 0 Å². The van der Waals surface area contributed by atoms with E-state index in [2.05, 4.69) is 6.58 Å². The van der Waals surface area contributed by atoms with Gasteiger partial charge in [0.15, 0.2) is 5.78 Å². The molecule has 48 heavy (non-hydrogen) atoms. The lowest BCUT2D eigenvalue weighted by molar-refractivity contribution is -0.279. The van der Waals surface area contributed by atoms with Gasteiger partial charge in [-0.2, -0.15) is 26.3 Å². The first-order valence-corrected chi connectivity index (χ1v) is 15.0. The van der Waals surface area contributed by atoms with Gasteiger partial charge in [0, 0.05) is 31.3 Å². The van der Waals surface area contributed by atoms with Crippen LogP contribution in [-0.4, -0.2) is 56.5 Å². The van der Waals surface area contributed by atoms with E-state index in [0.29, 0.717) is 7.11 Å². The first kappa shape index (κ1) is 38.5. The SMILES string of the molecule is C=C1CC[C@@H](C(C)C)[C@@H](OC(=O)[C@@](OC)(c2ccccc2)C(F)(F)F)/C=C(\C)[C@H](OC(=O)[C@@](OC)(c2ccccc2)C(F)(F)F)CC1=O. The van der Waals surface area contributed by atoms with Crippen molar-refractivity contribution in [3.8, 4) is 0 Å². The third-order valence-electron chi connectivity index (χ3n) is 8.60. The third kappa shape index (κ3) is 7.52. The van der Waals surface area contributed by atoms with Crippen molar-refractivity contribution in [2.24, 2.45) is 11.8 Å². The van der Waals surface area contributed by atoms with Crippen molar-refractivity contribution in [3.63, 3.8) is 0 Å². The molecule has 0 radical (unpaired) electrons. The van der Waals surface area contributed by atoms with Gasteiger partial charge in [-0.25, -0.2) is 9.59 Å². The number of ether oxygens (including phenoxy) is 4. The number of hydrogen-bond acceptors (Lipinski definition) is 7. The summed E-state index contributed by atoms with van der Waals surface area (Å²) in [4.78, 5) is 40.3. The smallest absolute Gasteiger partial charge is 0.432 e. The fourth-order valence-corrected chi connectivity index (χ4v) is 5.77. The lowest BCUT2D eigenvalue weighted by Crippen LogP contribution is -2.53. The van der Waals surface area contributed by atoms with Gasteiger partial charge in [-0.15, -0.1) is 0 Å². The van der Waals surface area contributed by atoms with Crippen molar-refractivity contribution in [2.75, 3.05) is 14.2 Å². The summed E-state index contributed by atoms with van der Waals surface area (Å²) in [5.41, 5.74) is -8.25. The Labute approximate surface area is 274 Å². The number of rotatable bonds is 9. The number of methoxy groups -OCH3 is 2. The fourth-order valence-electron chi connectivity index (χ4n) is 5.77. The molecule has 0 aliphatic heterocycles. The van der Waals surface area contributed by atoms with Crippen LogP contribution in [0.4, 0.5) is 26.3 Å². The molecule has 262 valence electrons. The maximum Gasteiger partial charge on any atom is 0.432 e. The molecule has 5 atom stereocenters. The molecule has 0 heterocycles. The van der Waals surface area contributed by atoms with Crippen LogP contribution in [0.25, 0.3) is 0 Å². The summed E-state index contributed by atoms with van der Waals surface area (Å²) in [5, 5.41) is 0. The van der Waals surface area contributed by atoms with Gasteiger partial charge in [-0.3, -0.25) is 4.79 Å². The minimum atomic E-state index is -5.32. The predicted octanol–water partition coefficient (Wildman–Crippen LogP) is 7.55. The summed E-state index contributed by atoms with van der Waals surface area (Å²) in [7, 11) is 1.40. The highest BCUT2D eigenvalue weighted by Gasteiger charge is 2.65. The molecule has 0 aromatic heterocycles. The maximum atomic E-state index is 14.7. The van der Waals surface area contributed by atoms with E-state index in [4.69, 9.17) is 18.9 Å². The Balaban J connectivity index is 2.15. The van der Waals surface area contributed by atoms with E-state index in [1.165, 1.54) is 49.4 Å². The molecule has 0 N–H and O–H groups in total. The number of carbonyl (C=O) groups is 3. The molecule has 0 amide bonds. The van der Waals surface area contributed by atoms with Crippen molar-refractivity contribution in [1.82, 2.24) is 0 Å². The van der Waals surface area contributed by atoms with E-state index in [9.17, 15) is 40.7 Å². The number of halogens is 6. The van der Waals surface area contributed by atoms with E-state index < -0.39 is 77.0 Å². The molecular formula is C35H38F6O7. The summed E-state index contributed by atoms with van der Waals surface area (Å²) < 4.78 is 109. The minimum absolute atomic E-state index is 0.0191. The van der Waals surface area contributed by atoms with Crippen LogP contribution < -0.4 is 0 Å². The van der Waals surface area contributed by atoms with Crippen molar-refractivity contribution < 1.29 is 59.7 Å². The zero-order valence-electron chi connectivity index (χ0n) is 27.1. The van der Waals surface area contributed by atoms with Gasteiger partial charge >= 0.3 is 24.3 Å². The molecule has 1 aliphatic carbocycles. The van der Waals surface area contributed by atoms with Crippen LogP contribution in [-0.2, 0) is 44.5 Å². The molecule has 0 fully saturated rings. The monoisotopic (exact) mass is 684 g/mol. The standard InChI is InChI=1S/C35H38F6O7/c1-21(2)26-18-17-22(3)27(42)20-28(47-30(43)32(45-5,34(36,37)38)24-13-9-7-10-14-24)23(4)19-29(26)48-31(44)33(46-6,35(39,40)41)25-15-11-8-12-16-25/h7-16,19,21,26,28-29H,3,17-18,20H2,1-2,4-6H3/b23-19+/t26-,28+,29-,32-,33-/m0/s1. The van der Waals surface area contributed by atoms with E-state index in [0.717, 1.165) is 31.4 Å². The topological polar surface area (TPSA) is 88.1 Å². The molecule has 3 rings (SSSR count). The van der Waals surface area contributed by atoms with Crippen LogP contribution in [0, 0.1) is 11.8 Å². The Morgan fingerprint density at radius 2 is 1.23 bits per heavy atom. The van der Waals surface area contributed by atoms with Gasteiger partial charge in [0.1, 0.15) is 12.2 Å². The molecule has 0 saturated heterocycles. The number of carbonyl (C=O) groups excluding carboxylic acids is 3. The molecular weight excluding hydrogens is 646 g/mol. The first-order chi connectivity index (χ1) is 22.4. The number of allylic oxidation sites excluding steroid dienone is 1. The average molecular weight is 685 g/mol. The molecule has 7 nitrogen and oxygen atoms in total. The lowest BCUT2D eigenvalue weighted by atomic mass is 9.81. The first-order valence-electron chi connectivity index (χ1n) is 15.0. The molecule has 0 unspecified atom stereocenters. The Kier molecular flexibility index (Phi) is 12.1. The zero-order chi connectivity index (χ0) is 36.1. The molecule has 0 spiro atoms. The van der Waals surface area contributed by atoms with Gasteiger partial charge in [0.05, 0.1) is 6.42 Å². The van der Waals surface area contributed by atoms with Crippen molar-refractivity contribution >= 4 is 17.7 Å². The molecule has 0 saturated carbocycles. The zero-order valence-corrected chi connectivity index (χ0v) is 27.1. The largest absolute Gasteiger partial charge is 0.455 e. The van der Waals surface area contributed by atoms with E-state index in [1.54, 1.807) is 13.8 Å². The van der Waals surface area contributed by atoms with Crippen LogP contribution in [0.1, 0.15) is 51.2 Å². The lowest BCUT2D eigenvalue weighted by Gasteiger charge is -2.37. The average Bonchev–Trinajstić information content (AvgIpc) is 3.00. The van der Waals surface area contributed by atoms with Gasteiger partial charge in [-0.05, 0) is 42.9 Å². The highest BCUT2D eigenvalue weighted by Crippen LogP contribution is 2.45. The number of alkyl halides is 6. The van der Waals surface area contributed by atoms with Gasteiger partial charge < -0.3 is 18.9 Å². The Hall–Kier alpha value is -3.97. The van der Waals surface area contributed by atoms with Crippen LogP contribution >= 0.6 is 0 Å². The van der Waals surface area contributed by atoms with Crippen molar-refractivity contribution in [2.45, 2.75) is 75.8 Å². The molecule has 13 heteroatoms. The van der Waals surface area contributed by atoms with Gasteiger partial charge in [0.2, 0.25) is 0 Å². The maximum absolute atomic E-state index is 14.7. The summed E-state index contributed by atoms with van der Waals surface area (Å²) in [6.45, 7) is 8.53. The van der Waals surface area contributed by atoms with Crippen molar-refractivity contribution in [1.29, 1.82) is 0 Å². The second kappa shape index (κ2) is 15.1. The summed E-state index contributed by atoms with van der Waals surface area (Å²) >= 11 is 0. The highest BCUT2D eigenvalue weighted by molar-refractivity contribution is 5.95. The predicted molar refractivity (Wildman–Crippen MR) is 162 cm³/mol. The Morgan fingerprint density at radius 3 is 1.62 bits per heavy atom. The second-order valence-corrected chi connectivity index (χ2v) is 11.9. The molecule has 0 bridgehead atoms. The molecule has 2 aromatic rings. The summed E-state index contributed by atoms with van der Waals surface area (Å²) in [6.07, 6.45) is -13.0. The minimum Gasteiger partial charge on any atom is -0.455 e. The van der Waals surface area contributed by atoms with Crippen LogP contribution in [0.2, 0.25) is 0 Å².